The molecule has 0 spiro atoms. The molecule has 0 bridgehead atoms. The minimum Gasteiger partial charge on any atom is -0.351 e. The van der Waals surface area contributed by atoms with Gasteiger partial charge in [-0.05, 0) is 24.2 Å². The Morgan fingerprint density at radius 3 is 2.52 bits per heavy atom. The monoisotopic (exact) mass is 294 g/mol. The Balaban J connectivity index is 2.21. The number of hydrazine groups is 1. The summed E-state index contributed by atoms with van der Waals surface area (Å²) in [5, 5.41) is 11.1. The van der Waals surface area contributed by atoms with Crippen LogP contribution in [0.3, 0.4) is 0 Å². The number of piperidine rings is 1. The Morgan fingerprint density at radius 2 is 2.05 bits per heavy atom. The van der Waals surface area contributed by atoms with Gasteiger partial charge in [-0.2, -0.15) is 4.98 Å². The second-order valence-electron chi connectivity index (χ2n) is 6.43. The van der Waals surface area contributed by atoms with Crippen LogP contribution in [0.15, 0.2) is 6.20 Å². The number of nitrogens with two attached hydrogens (primary N) is 1. The predicted molar refractivity (Wildman–Crippen MR) is 80.9 cm³/mol. The molecule has 1 fully saturated rings. The molecule has 1 saturated heterocycles. The van der Waals surface area contributed by atoms with Gasteiger partial charge in [-0.1, -0.05) is 20.8 Å². The maximum Gasteiger partial charge on any atom is 0.329 e. The first-order valence-electron chi connectivity index (χ1n) is 7.06. The number of nitrogen functional groups attached to an aromatic ring is 1. The fourth-order valence-corrected chi connectivity index (χ4v) is 2.75. The van der Waals surface area contributed by atoms with E-state index >= 15 is 0 Å². The number of nitro groups is 1. The molecular formula is C13H22N6O2. The van der Waals surface area contributed by atoms with Gasteiger partial charge in [0, 0.05) is 13.1 Å². The number of anilines is 2. The summed E-state index contributed by atoms with van der Waals surface area (Å²) < 4.78 is 0. The van der Waals surface area contributed by atoms with E-state index in [2.05, 4.69) is 36.2 Å². The van der Waals surface area contributed by atoms with Crippen LogP contribution in [0.2, 0.25) is 0 Å². The highest BCUT2D eigenvalue weighted by molar-refractivity contribution is 5.59. The zero-order valence-corrected chi connectivity index (χ0v) is 12.7. The Hall–Kier alpha value is -1.96. The van der Waals surface area contributed by atoms with Crippen LogP contribution >= 0.6 is 0 Å². The molecule has 2 rings (SSSR count). The van der Waals surface area contributed by atoms with Crippen molar-refractivity contribution < 1.29 is 4.92 Å². The Morgan fingerprint density at radius 1 is 1.43 bits per heavy atom. The van der Waals surface area contributed by atoms with Crippen LogP contribution < -0.4 is 16.2 Å². The number of hydrogen-bond donors (Lipinski definition) is 2. The zero-order valence-electron chi connectivity index (χ0n) is 12.7. The van der Waals surface area contributed by atoms with E-state index in [1.54, 1.807) is 0 Å². The summed E-state index contributed by atoms with van der Waals surface area (Å²) in [6, 6.07) is 0. The molecule has 0 unspecified atom stereocenters. The Bertz CT molecular complexity index is 520. The van der Waals surface area contributed by atoms with E-state index in [0.29, 0.717) is 11.7 Å². The van der Waals surface area contributed by atoms with E-state index in [4.69, 9.17) is 5.84 Å². The predicted octanol–water partition coefficient (Wildman–Crippen LogP) is 1.93. The van der Waals surface area contributed by atoms with Gasteiger partial charge in [-0.25, -0.2) is 10.8 Å². The maximum atomic E-state index is 11.1. The van der Waals surface area contributed by atoms with E-state index in [-0.39, 0.29) is 17.1 Å². The van der Waals surface area contributed by atoms with Crippen molar-refractivity contribution in [2.24, 2.45) is 17.2 Å². The highest BCUT2D eigenvalue weighted by Crippen LogP contribution is 2.37. The normalized spacial score (nSPS) is 16.9. The van der Waals surface area contributed by atoms with Gasteiger partial charge in [0.15, 0.2) is 0 Å². The van der Waals surface area contributed by atoms with Crippen molar-refractivity contribution >= 4 is 17.5 Å². The summed E-state index contributed by atoms with van der Waals surface area (Å²) in [7, 11) is 0. The first kappa shape index (κ1) is 15.4. The molecule has 1 aliphatic rings. The number of aromatic nitrogens is 2. The largest absolute Gasteiger partial charge is 0.351 e. The Kier molecular flexibility index (Phi) is 4.26. The van der Waals surface area contributed by atoms with Crippen molar-refractivity contribution in [3.05, 3.63) is 16.3 Å². The number of hydrogen-bond acceptors (Lipinski definition) is 7. The topological polar surface area (TPSA) is 110 Å². The molecule has 1 aromatic heterocycles. The molecule has 1 aromatic rings. The van der Waals surface area contributed by atoms with E-state index in [1.807, 2.05) is 4.90 Å². The van der Waals surface area contributed by atoms with Gasteiger partial charge in [0.05, 0.1) is 4.92 Å². The highest BCUT2D eigenvalue weighted by Gasteiger charge is 2.31. The lowest BCUT2D eigenvalue weighted by molar-refractivity contribution is -0.384. The standard InChI is InChI=1S/C13H22N6O2/c1-13(2,3)9-4-6-18(7-5-9)11-10(19(20)21)8-15-12(16-11)17-14/h8-9H,4-7,14H2,1-3H3,(H,15,16,17). The highest BCUT2D eigenvalue weighted by atomic mass is 16.6. The first-order valence-corrected chi connectivity index (χ1v) is 7.06. The van der Waals surface area contributed by atoms with Gasteiger partial charge < -0.3 is 4.90 Å². The summed E-state index contributed by atoms with van der Waals surface area (Å²) >= 11 is 0. The number of nitrogens with one attached hydrogen (secondary N) is 1. The van der Waals surface area contributed by atoms with Crippen LogP contribution in [0.25, 0.3) is 0 Å². The van der Waals surface area contributed by atoms with Crippen LogP contribution in [0, 0.1) is 21.4 Å². The third-order valence-corrected chi connectivity index (χ3v) is 4.10. The molecule has 0 aliphatic carbocycles. The molecule has 1 aliphatic heterocycles. The van der Waals surface area contributed by atoms with Crippen molar-refractivity contribution in [3.63, 3.8) is 0 Å². The molecule has 8 heteroatoms. The zero-order chi connectivity index (χ0) is 15.6. The SMILES string of the molecule is CC(C)(C)C1CCN(c2nc(NN)ncc2[N+](=O)[O-])CC1. The van der Waals surface area contributed by atoms with E-state index in [0.717, 1.165) is 25.9 Å². The minimum atomic E-state index is -0.453. The van der Waals surface area contributed by atoms with Crippen LogP contribution in [0.1, 0.15) is 33.6 Å². The van der Waals surface area contributed by atoms with Gasteiger partial charge in [-0.3, -0.25) is 15.5 Å². The smallest absolute Gasteiger partial charge is 0.329 e. The summed E-state index contributed by atoms with van der Waals surface area (Å²) in [5.74, 6) is 6.43. The second kappa shape index (κ2) is 5.80. The van der Waals surface area contributed by atoms with Gasteiger partial charge in [0.25, 0.3) is 0 Å². The molecule has 0 amide bonds. The van der Waals surface area contributed by atoms with Crippen LogP contribution in [0.5, 0.6) is 0 Å². The van der Waals surface area contributed by atoms with Crippen LogP contribution in [-0.2, 0) is 0 Å². The average molecular weight is 294 g/mol. The van der Waals surface area contributed by atoms with Gasteiger partial charge in [0.2, 0.25) is 11.8 Å². The van der Waals surface area contributed by atoms with Crippen molar-refractivity contribution in [1.82, 2.24) is 9.97 Å². The fourth-order valence-electron chi connectivity index (χ4n) is 2.75. The molecule has 8 nitrogen and oxygen atoms in total. The number of nitrogens with zero attached hydrogens (tertiary/aromatic N) is 4. The first-order chi connectivity index (χ1) is 9.82. The molecule has 0 saturated carbocycles. The lowest BCUT2D eigenvalue weighted by atomic mass is 9.75. The van der Waals surface area contributed by atoms with Gasteiger partial charge in [-0.15, -0.1) is 0 Å². The summed E-state index contributed by atoms with van der Waals surface area (Å²) in [6.07, 6.45) is 3.19. The number of rotatable bonds is 3. The summed E-state index contributed by atoms with van der Waals surface area (Å²) in [5.41, 5.74) is 2.51. The summed E-state index contributed by atoms with van der Waals surface area (Å²) in [4.78, 5) is 20.6. The Labute approximate surface area is 123 Å². The van der Waals surface area contributed by atoms with Crippen LogP contribution in [0.4, 0.5) is 17.5 Å². The lowest BCUT2D eigenvalue weighted by Gasteiger charge is -2.39. The second-order valence-corrected chi connectivity index (χ2v) is 6.43. The van der Waals surface area contributed by atoms with Gasteiger partial charge in [0.1, 0.15) is 6.20 Å². The van der Waals surface area contributed by atoms with E-state index in [1.165, 1.54) is 6.20 Å². The van der Waals surface area contributed by atoms with Crippen molar-refractivity contribution in [3.8, 4) is 0 Å². The third kappa shape index (κ3) is 3.38. The minimum absolute atomic E-state index is 0.0804. The third-order valence-electron chi connectivity index (χ3n) is 4.10. The molecule has 0 atom stereocenters. The van der Waals surface area contributed by atoms with E-state index < -0.39 is 4.92 Å². The molecule has 21 heavy (non-hydrogen) atoms. The van der Waals surface area contributed by atoms with Crippen molar-refractivity contribution in [2.45, 2.75) is 33.6 Å². The average Bonchev–Trinajstić information content (AvgIpc) is 2.45. The molecule has 0 aromatic carbocycles. The molecule has 3 N–H and O–H groups in total. The lowest BCUT2D eigenvalue weighted by Crippen LogP contribution is -2.38. The van der Waals surface area contributed by atoms with Crippen LogP contribution in [-0.4, -0.2) is 28.0 Å². The van der Waals surface area contributed by atoms with E-state index in [9.17, 15) is 10.1 Å². The molecular weight excluding hydrogens is 272 g/mol. The fraction of sp³-hybridized carbons (Fsp3) is 0.692. The molecule has 0 radical (unpaired) electrons. The maximum absolute atomic E-state index is 11.1. The summed E-state index contributed by atoms with van der Waals surface area (Å²) in [6.45, 7) is 8.21. The van der Waals surface area contributed by atoms with Crippen molar-refractivity contribution in [2.75, 3.05) is 23.4 Å². The molecule has 116 valence electrons. The van der Waals surface area contributed by atoms with Crippen molar-refractivity contribution in [1.29, 1.82) is 0 Å². The molecule has 2 heterocycles. The van der Waals surface area contributed by atoms with Gasteiger partial charge >= 0.3 is 5.69 Å². The quantitative estimate of drug-likeness (QED) is 0.498.